The van der Waals surface area contributed by atoms with Crippen LogP contribution in [0, 0.1) is 12.8 Å². The minimum Gasteiger partial charge on any atom is -0.336 e. The Kier molecular flexibility index (Phi) is 4.55. The molecule has 2 N–H and O–H groups in total. The van der Waals surface area contributed by atoms with Crippen LogP contribution in [0.25, 0.3) is 0 Å². The van der Waals surface area contributed by atoms with Gasteiger partial charge in [-0.25, -0.2) is 4.79 Å². The zero-order valence-corrected chi connectivity index (χ0v) is 13.8. The Balaban J connectivity index is 1.48. The summed E-state index contributed by atoms with van der Waals surface area (Å²) in [5.74, 6) is 0.709. The van der Waals surface area contributed by atoms with Gasteiger partial charge in [0.05, 0.1) is 0 Å². The zero-order chi connectivity index (χ0) is 16.4. The van der Waals surface area contributed by atoms with Crippen molar-refractivity contribution in [1.29, 1.82) is 0 Å². The summed E-state index contributed by atoms with van der Waals surface area (Å²) in [5.41, 5.74) is 2.33. The van der Waals surface area contributed by atoms with Crippen molar-refractivity contribution >= 4 is 11.9 Å². The van der Waals surface area contributed by atoms with E-state index in [1.807, 2.05) is 24.0 Å². The standard InChI is InChI=1S/C18H25N3O2/c1-12-3-5-14(6-4-12)11-21-8-7-16(17(21)22)20-18(23)19-15-9-13(2)10-15/h3-6,13,15-16H,7-11H2,1-2H3,(H2,19,20,23). The van der Waals surface area contributed by atoms with Gasteiger partial charge in [0.1, 0.15) is 6.04 Å². The van der Waals surface area contributed by atoms with Crippen molar-refractivity contribution < 1.29 is 9.59 Å². The molecule has 1 aromatic carbocycles. The van der Waals surface area contributed by atoms with E-state index in [-0.39, 0.29) is 18.0 Å². The molecule has 0 bridgehead atoms. The van der Waals surface area contributed by atoms with E-state index in [2.05, 4.69) is 29.7 Å². The van der Waals surface area contributed by atoms with Crippen LogP contribution in [-0.2, 0) is 11.3 Å². The topological polar surface area (TPSA) is 61.4 Å². The van der Waals surface area contributed by atoms with Gasteiger partial charge < -0.3 is 15.5 Å². The highest BCUT2D eigenvalue weighted by atomic mass is 16.2. The largest absolute Gasteiger partial charge is 0.336 e. The number of hydrogen-bond donors (Lipinski definition) is 2. The third-order valence-electron chi connectivity index (χ3n) is 4.81. The van der Waals surface area contributed by atoms with Gasteiger partial charge in [0.2, 0.25) is 5.91 Å². The average molecular weight is 315 g/mol. The SMILES string of the molecule is Cc1ccc(CN2CCC(NC(=O)NC3CC(C)C3)C2=O)cc1. The molecule has 1 atom stereocenters. The molecule has 1 aliphatic carbocycles. The third kappa shape index (κ3) is 3.84. The minimum atomic E-state index is -0.391. The molecule has 2 fully saturated rings. The molecule has 5 nitrogen and oxygen atoms in total. The molecule has 23 heavy (non-hydrogen) atoms. The van der Waals surface area contributed by atoms with E-state index in [0.717, 1.165) is 18.4 Å². The van der Waals surface area contributed by atoms with Crippen molar-refractivity contribution in [2.45, 2.75) is 51.7 Å². The Morgan fingerprint density at radius 3 is 2.57 bits per heavy atom. The molecular formula is C18H25N3O2. The van der Waals surface area contributed by atoms with Crippen LogP contribution in [0.4, 0.5) is 4.79 Å². The van der Waals surface area contributed by atoms with E-state index in [4.69, 9.17) is 0 Å². The smallest absolute Gasteiger partial charge is 0.315 e. The van der Waals surface area contributed by atoms with E-state index >= 15 is 0 Å². The first-order valence-electron chi connectivity index (χ1n) is 8.42. The number of hydrogen-bond acceptors (Lipinski definition) is 2. The quantitative estimate of drug-likeness (QED) is 0.895. The summed E-state index contributed by atoms with van der Waals surface area (Å²) >= 11 is 0. The molecule has 3 amide bonds. The Labute approximate surface area is 137 Å². The molecule has 1 aliphatic heterocycles. The lowest BCUT2D eigenvalue weighted by Gasteiger charge is -2.33. The van der Waals surface area contributed by atoms with Crippen LogP contribution in [0.5, 0.6) is 0 Å². The Hall–Kier alpha value is -2.04. The molecule has 2 aliphatic rings. The van der Waals surface area contributed by atoms with Crippen LogP contribution in [0.1, 0.15) is 37.3 Å². The van der Waals surface area contributed by atoms with Gasteiger partial charge in [0.15, 0.2) is 0 Å². The van der Waals surface area contributed by atoms with Crippen molar-refractivity contribution in [1.82, 2.24) is 15.5 Å². The fourth-order valence-electron chi connectivity index (χ4n) is 3.35. The number of benzene rings is 1. The molecule has 5 heteroatoms. The van der Waals surface area contributed by atoms with Crippen molar-refractivity contribution in [2.75, 3.05) is 6.54 Å². The predicted molar refractivity (Wildman–Crippen MR) is 88.9 cm³/mol. The molecule has 3 rings (SSSR count). The second-order valence-electron chi connectivity index (χ2n) is 6.98. The van der Waals surface area contributed by atoms with E-state index < -0.39 is 6.04 Å². The molecule has 1 saturated heterocycles. The molecule has 0 aromatic heterocycles. The van der Waals surface area contributed by atoms with Crippen LogP contribution >= 0.6 is 0 Å². The summed E-state index contributed by atoms with van der Waals surface area (Å²) in [6.07, 6.45) is 2.75. The molecule has 0 radical (unpaired) electrons. The van der Waals surface area contributed by atoms with E-state index in [1.165, 1.54) is 5.56 Å². The van der Waals surface area contributed by atoms with E-state index in [0.29, 0.717) is 25.4 Å². The van der Waals surface area contributed by atoms with Crippen molar-refractivity contribution in [3.8, 4) is 0 Å². The van der Waals surface area contributed by atoms with Crippen LogP contribution in [-0.4, -0.2) is 35.5 Å². The zero-order valence-electron chi connectivity index (χ0n) is 13.8. The van der Waals surface area contributed by atoms with Crippen LogP contribution in [0.2, 0.25) is 0 Å². The van der Waals surface area contributed by atoms with E-state index in [1.54, 1.807) is 0 Å². The molecule has 1 saturated carbocycles. The highest BCUT2D eigenvalue weighted by Crippen LogP contribution is 2.26. The minimum absolute atomic E-state index is 0.0164. The first-order valence-corrected chi connectivity index (χ1v) is 8.42. The van der Waals surface area contributed by atoms with Crippen LogP contribution < -0.4 is 10.6 Å². The second-order valence-corrected chi connectivity index (χ2v) is 6.98. The number of carbonyl (C=O) groups excluding carboxylic acids is 2. The van der Waals surface area contributed by atoms with Gasteiger partial charge in [-0.1, -0.05) is 36.8 Å². The summed E-state index contributed by atoms with van der Waals surface area (Å²) in [6, 6.07) is 7.87. The van der Waals surface area contributed by atoms with Crippen LogP contribution in [0.3, 0.4) is 0 Å². The van der Waals surface area contributed by atoms with Gasteiger partial charge in [-0.3, -0.25) is 4.79 Å². The molecular weight excluding hydrogens is 290 g/mol. The molecule has 1 aromatic rings. The Morgan fingerprint density at radius 2 is 1.91 bits per heavy atom. The van der Waals surface area contributed by atoms with Gasteiger partial charge in [0, 0.05) is 19.1 Å². The number of amides is 3. The monoisotopic (exact) mass is 315 g/mol. The number of nitrogens with zero attached hydrogens (tertiary/aromatic N) is 1. The number of rotatable bonds is 4. The summed E-state index contributed by atoms with van der Waals surface area (Å²) < 4.78 is 0. The number of likely N-dealkylation sites (tertiary alicyclic amines) is 1. The lowest BCUT2D eigenvalue weighted by atomic mass is 9.82. The fourth-order valence-corrected chi connectivity index (χ4v) is 3.35. The summed E-state index contributed by atoms with van der Waals surface area (Å²) in [6.45, 7) is 5.53. The van der Waals surface area contributed by atoms with E-state index in [9.17, 15) is 9.59 Å². The lowest BCUT2D eigenvalue weighted by molar-refractivity contribution is -0.129. The Morgan fingerprint density at radius 1 is 1.22 bits per heavy atom. The number of urea groups is 1. The summed E-state index contributed by atoms with van der Waals surface area (Å²) in [7, 11) is 0. The highest BCUT2D eigenvalue weighted by molar-refractivity contribution is 5.88. The molecule has 1 unspecified atom stereocenters. The highest BCUT2D eigenvalue weighted by Gasteiger charge is 2.34. The van der Waals surface area contributed by atoms with Crippen molar-refractivity contribution in [3.05, 3.63) is 35.4 Å². The first-order chi connectivity index (χ1) is 11.0. The predicted octanol–water partition coefficient (Wildman–Crippen LogP) is 2.19. The van der Waals surface area contributed by atoms with Gasteiger partial charge in [-0.05, 0) is 37.7 Å². The molecule has 0 spiro atoms. The maximum Gasteiger partial charge on any atom is 0.315 e. The van der Waals surface area contributed by atoms with Gasteiger partial charge >= 0.3 is 6.03 Å². The third-order valence-corrected chi connectivity index (χ3v) is 4.81. The first kappa shape index (κ1) is 15.8. The fraction of sp³-hybridized carbons (Fsp3) is 0.556. The molecule has 1 heterocycles. The van der Waals surface area contributed by atoms with Gasteiger partial charge in [0.25, 0.3) is 0 Å². The normalized spacial score (nSPS) is 26.8. The van der Waals surface area contributed by atoms with Crippen molar-refractivity contribution in [3.63, 3.8) is 0 Å². The summed E-state index contributed by atoms with van der Waals surface area (Å²) in [5, 5.41) is 5.77. The maximum atomic E-state index is 12.4. The second kappa shape index (κ2) is 6.60. The van der Waals surface area contributed by atoms with Gasteiger partial charge in [-0.2, -0.15) is 0 Å². The number of carbonyl (C=O) groups is 2. The molecule has 124 valence electrons. The number of nitrogens with one attached hydrogen (secondary N) is 2. The maximum absolute atomic E-state index is 12.4. The van der Waals surface area contributed by atoms with Crippen molar-refractivity contribution in [2.24, 2.45) is 5.92 Å². The van der Waals surface area contributed by atoms with Crippen LogP contribution in [0.15, 0.2) is 24.3 Å². The number of aryl methyl sites for hydroxylation is 1. The Bertz CT molecular complexity index is 578. The average Bonchev–Trinajstić information content (AvgIpc) is 2.81. The summed E-state index contributed by atoms with van der Waals surface area (Å²) in [4.78, 5) is 26.2. The van der Waals surface area contributed by atoms with Gasteiger partial charge in [-0.15, -0.1) is 0 Å². The lowest BCUT2D eigenvalue weighted by Crippen LogP contribution is -2.51.